The number of carbonyl (C=O) groups excluding carboxylic acids is 5. The molecular formula is C39H67N7O6S2. The predicted molar refractivity (Wildman–Crippen MR) is 219 cm³/mol. The molecule has 0 radical (unpaired) electrons. The minimum atomic E-state index is -1.21. The van der Waals surface area contributed by atoms with E-state index >= 15 is 0 Å². The molecule has 1 aliphatic rings. The first-order valence-electron chi connectivity index (χ1n) is 19.6. The SMILES string of the molecule is CC[C@H](C)[C@H](NC(=O)[C@H](CCC(C)C)NC(=O)C1(NC(=O)CCSCc2cccc(CSCCC(=O)N[C@@H](C)CCCCNC)n2)CCOCC1)C(N)=O. The number of rotatable bonds is 27. The van der Waals surface area contributed by atoms with Crippen LogP contribution in [0.5, 0.6) is 0 Å². The molecule has 13 nitrogen and oxygen atoms in total. The summed E-state index contributed by atoms with van der Waals surface area (Å²) in [5.41, 5.74) is 6.26. The minimum Gasteiger partial charge on any atom is -0.381 e. The summed E-state index contributed by atoms with van der Waals surface area (Å²) < 4.78 is 5.54. The number of aromatic nitrogens is 1. The van der Waals surface area contributed by atoms with E-state index in [1.807, 2.05) is 52.9 Å². The van der Waals surface area contributed by atoms with E-state index in [9.17, 15) is 24.0 Å². The molecule has 0 aliphatic carbocycles. The zero-order chi connectivity index (χ0) is 39.9. The maximum atomic E-state index is 13.9. The van der Waals surface area contributed by atoms with Gasteiger partial charge in [0, 0.05) is 68.0 Å². The highest BCUT2D eigenvalue weighted by atomic mass is 32.2. The molecule has 5 amide bonds. The summed E-state index contributed by atoms with van der Waals surface area (Å²) in [7, 11) is 1.95. The molecule has 1 aliphatic heterocycles. The average Bonchev–Trinajstić information content (AvgIpc) is 3.14. The van der Waals surface area contributed by atoms with Gasteiger partial charge in [-0.2, -0.15) is 23.5 Å². The molecule has 306 valence electrons. The second-order valence-electron chi connectivity index (χ2n) is 14.8. The zero-order valence-electron chi connectivity index (χ0n) is 33.4. The molecular weight excluding hydrogens is 727 g/mol. The van der Waals surface area contributed by atoms with Crippen molar-refractivity contribution in [3.8, 4) is 0 Å². The van der Waals surface area contributed by atoms with Crippen LogP contribution in [-0.2, 0) is 40.2 Å². The largest absolute Gasteiger partial charge is 0.381 e. The standard InChI is InChI=1S/C39H67N7O6S2/c1-7-28(4)35(36(40)49)45-37(50)32(15-14-27(2)3)44-38(51)39(18-21-52-22-19-39)46-34(48)17-24-54-26-31-13-10-12-30(43-31)25-53-23-16-33(47)42-29(5)11-8-9-20-41-6/h10,12-13,27-29,32,35,41H,7-9,11,14-26H2,1-6H3,(H2,40,49)(H,42,47)(H,44,51)(H,45,50)(H,46,48)/t28-,29-,32-,35-/m0/s1. The van der Waals surface area contributed by atoms with Crippen molar-refractivity contribution in [3.63, 3.8) is 0 Å². The van der Waals surface area contributed by atoms with E-state index in [0.29, 0.717) is 56.2 Å². The molecule has 1 aromatic heterocycles. The van der Waals surface area contributed by atoms with E-state index in [-0.39, 0.29) is 49.0 Å². The van der Waals surface area contributed by atoms with E-state index in [1.54, 1.807) is 23.5 Å². The molecule has 7 N–H and O–H groups in total. The van der Waals surface area contributed by atoms with Crippen LogP contribution in [0.25, 0.3) is 0 Å². The number of nitrogens with zero attached hydrogens (tertiary/aromatic N) is 1. The van der Waals surface area contributed by atoms with Crippen LogP contribution in [0.15, 0.2) is 18.2 Å². The number of unbranched alkanes of at least 4 members (excludes halogenated alkanes) is 1. The lowest BCUT2D eigenvalue weighted by Crippen LogP contribution is -2.64. The highest BCUT2D eigenvalue weighted by molar-refractivity contribution is 7.98. The van der Waals surface area contributed by atoms with Crippen molar-refractivity contribution in [2.24, 2.45) is 17.6 Å². The Morgan fingerprint density at radius 3 is 2.07 bits per heavy atom. The van der Waals surface area contributed by atoms with Crippen molar-refractivity contribution < 1.29 is 28.7 Å². The molecule has 0 unspecified atom stereocenters. The lowest BCUT2D eigenvalue weighted by molar-refractivity contribution is -0.140. The third-order valence-corrected chi connectivity index (χ3v) is 11.6. The number of amides is 5. The molecule has 0 aromatic carbocycles. The van der Waals surface area contributed by atoms with Gasteiger partial charge in [-0.05, 0) is 70.2 Å². The van der Waals surface area contributed by atoms with Crippen LogP contribution in [0.2, 0.25) is 0 Å². The Balaban J connectivity index is 1.87. The second-order valence-corrected chi connectivity index (χ2v) is 17.0. The molecule has 1 aromatic rings. The Hall–Kier alpha value is -2.88. The number of hydrogen-bond acceptors (Lipinski definition) is 10. The number of nitrogens with two attached hydrogens (primary N) is 1. The maximum Gasteiger partial charge on any atom is 0.246 e. The quantitative estimate of drug-likeness (QED) is 0.0714. The third kappa shape index (κ3) is 18.2. The smallest absolute Gasteiger partial charge is 0.246 e. The summed E-state index contributed by atoms with van der Waals surface area (Å²) in [6, 6.07) is 4.37. The predicted octanol–water partition coefficient (Wildman–Crippen LogP) is 3.83. The molecule has 2 rings (SSSR count). The lowest BCUT2D eigenvalue weighted by Gasteiger charge is -2.37. The van der Waals surface area contributed by atoms with Gasteiger partial charge in [-0.15, -0.1) is 0 Å². The van der Waals surface area contributed by atoms with Crippen LogP contribution in [-0.4, -0.2) is 96.5 Å². The zero-order valence-corrected chi connectivity index (χ0v) is 35.1. The van der Waals surface area contributed by atoms with Gasteiger partial charge in [0.15, 0.2) is 0 Å². The Morgan fingerprint density at radius 1 is 0.870 bits per heavy atom. The molecule has 1 fully saturated rings. The number of primary amides is 1. The van der Waals surface area contributed by atoms with Crippen LogP contribution in [0, 0.1) is 11.8 Å². The summed E-state index contributed by atoms with van der Waals surface area (Å²) in [5, 5.41) is 14.9. The van der Waals surface area contributed by atoms with Crippen LogP contribution in [0.4, 0.5) is 0 Å². The van der Waals surface area contributed by atoms with E-state index in [4.69, 9.17) is 15.5 Å². The van der Waals surface area contributed by atoms with Gasteiger partial charge in [0.05, 0.1) is 11.4 Å². The minimum absolute atomic E-state index is 0.0830. The number of ether oxygens (including phenoxy) is 1. The van der Waals surface area contributed by atoms with Crippen molar-refractivity contribution >= 4 is 53.1 Å². The van der Waals surface area contributed by atoms with E-state index in [1.165, 1.54) is 0 Å². The first kappa shape index (κ1) is 47.3. The van der Waals surface area contributed by atoms with Crippen molar-refractivity contribution in [1.82, 2.24) is 31.6 Å². The van der Waals surface area contributed by atoms with Gasteiger partial charge in [0.1, 0.15) is 17.6 Å². The molecule has 54 heavy (non-hydrogen) atoms. The summed E-state index contributed by atoms with van der Waals surface area (Å²) in [5.74, 6) is 1.04. The average molecular weight is 794 g/mol. The number of pyridine rings is 1. The highest BCUT2D eigenvalue weighted by Crippen LogP contribution is 2.23. The highest BCUT2D eigenvalue weighted by Gasteiger charge is 2.43. The second kappa shape index (κ2) is 26.1. The lowest BCUT2D eigenvalue weighted by atomic mass is 9.88. The van der Waals surface area contributed by atoms with Gasteiger partial charge in [-0.25, -0.2) is 0 Å². The number of carbonyl (C=O) groups is 5. The molecule has 15 heteroatoms. The van der Waals surface area contributed by atoms with E-state index in [2.05, 4.69) is 33.5 Å². The summed E-state index contributed by atoms with van der Waals surface area (Å²) in [4.78, 5) is 69.8. The first-order valence-corrected chi connectivity index (χ1v) is 21.9. The van der Waals surface area contributed by atoms with Crippen LogP contribution in [0.1, 0.15) is 110 Å². The monoisotopic (exact) mass is 793 g/mol. The van der Waals surface area contributed by atoms with Crippen LogP contribution < -0.4 is 32.3 Å². The first-order chi connectivity index (χ1) is 25.8. The Labute approximate surface area is 331 Å². The molecule has 0 saturated carbocycles. The fourth-order valence-corrected chi connectivity index (χ4v) is 7.74. The summed E-state index contributed by atoms with van der Waals surface area (Å²) in [6.45, 7) is 11.5. The maximum absolute atomic E-state index is 13.9. The van der Waals surface area contributed by atoms with Gasteiger partial charge >= 0.3 is 0 Å². The number of nitrogens with one attached hydrogen (secondary N) is 5. The Bertz CT molecular complexity index is 1310. The van der Waals surface area contributed by atoms with Gasteiger partial charge in [0.25, 0.3) is 0 Å². The molecule has 2 heterocycles. The molecule has 4 atom stereocenters. The van der Waals surface area contributed by atoms with Gasteiger partial charge in [-0.1, -0.05) is 46.6 Å². The summed E-state index contributed by atoms with van der Waals surface area (Å²) >= 11 is 3.28. The number of thioether (sulfide) groups is 2. The molecule has 0 spiro atoms. The Morgan fingerprint density at radius 2 is 1.50 bits per heavy atom. The number of hydrogen-bond donors (Lipinski definition) is 6. The van der Waals surface area contributed by atoms with Crippen molar-refractivity contribution in [2.45, 2.75) is 134 Å². The van der Waals surface area contributed by atoms with Crippen molar-refractivity contribution in [1.29, 1.82) is 0 Å². The Kier molecular flexibility index (Phi) is 22.8. The fourth-order valence-electron chi connectivity index (χ4n) is 6.05. The normalized spacial score (nSPS) is 16.1. The van der Waals surface area contributed by atoms with Crippen molar-refractivity contribution in [2.75, 3.05) is 38.3 Å². The van der Waals surface area contributed by atoms with Crippen molar-refractivity contribution in [3.05, 3.63) is 29.6 Å². The topological polar surface area (TPSA) is 194 Å². The van der Waals surface area contributed by atoms with Gasteiger partial charge in [0.2, 0.25) is 29.5 Å². The fraction of sp³-hybridized carbons (Fsp3) is 0.744. The molecule has 0 bridgehead atoms. The van der Waals surface area contributed by atoms with E-state index < -0.39 is 35.3 Å². The third-order valence-electron chi connectivity index (χ3n) is 9.66. The molecule has 1 saturated heterocycles. The van der Waals surface area contributed by atoms with Gasteiger partial charge < -0.3 is 37.1 Å². The van der Waals surface area contributed by atoms with E-state index in [0.717, 1.165) is 42.9 Å². The van der Waals surface area contributed by atoms with Crippen LogP contribution >= 0.6 is 23.5 Å². The van der Waals surface area contributed by atoms with Crippen LogP contribution in [0.3, 0.4) is 0 Å². The summed E-state index contributed by atoms with van der Waals surface area (Å²) in [6.07, 6.45) is 6.11. The van der Waals surface area contributed by atoms with Gasteiger partial charge in [-0.3, -0.25) is 29.0 Å².